The lowest BCUT2D eigenvalue weighted by molar-refractivity contribution is 0.0484. The third-order valence-corrected chi connectivity index (χ3v) is 5.82. The summed E-state index contributed by atoms with van der Waals surface area (Å²) < 4.78 is 25.8. The summed E-state index contributed by atoms with van der Waals surface area (Å²) in [6.45, 7) is 1.57. The molecule has 4 rings (SSSR count). The van der Waals surface area contributed by atoms with Crippen molar-refractivity contribution in [3.8, 4) is 0 Å². The smallest absolute Gasteiger partial charge is 0.287 e. The standard InChI is InChI=1S/C21H19BrFNO3/c22-17-6-1-3-14-11-18(27-19(14)17)20(25)24-13-21(7-9-26-10-8-21)15-4-2-5-16(23)12-15/h1-6,11-12H,7-10,13H2,(H,24,25). The van der Waals surface area contributed by atoms with Gasteiger partial charge in [-0.1, -0.05) is 24.3 Å². The molecule has 1 saturated heterocycles. The highest BCUT2D eigenvalue weighted by Crippen LogP contribution is 2.35. The minimum absolute atomic E-state index is 0.262. The number of carbonyl (C=O) groups is 1. The Balaban J connectivity index is 1.56. The maximum absolute atomic E-state index is 13.8. The van der Waals surface area contributed by atoms with Gasteiger partial charge in [-0.25, -0.2) is 4.39 Å². The summed E-state index contributed by atoms with van der Waals surface area (Å²) in [7, 11) is 0. The SMILES string of the molecule is O=C(NCC1(c2cccc(F)c2)CCOCC1)c1cc2cccc(Br)c2o1. The monoisotopic (exact) mass is 431 g/mol. The lowest BCUT2D eigenvalue weighted by Crippen LogP contribution is -2.44. The quantitative estimate of drug-likeness (QED) is 0.644. The molecule has 0 saturated carbocycles. The van der Waals surface area contributed by atoms with Crippen LogP contribution in [-0.2, 0) is 10.2 Å². The summed E-state index contributed by atoms with van der Waals surface area (Å²) in [6, 6.07) is 14.0. The van der Waals surface area contributed by atoms with Crippen molar-refractivity contribution in [2.75, 3.05) is 19.8 Å². The first kappa shape index (κ1) is 18.2. The Hall–Kier alpha value is -2.18. The number of amides is 1. The molecule has 1 aromatic heterocycles. The van der Waals surface area contributed by atoms with Crippen molar-refractivity contribution in [1.29, 1.82) is 0 Å². The zero-order chi connectivity index (χ0) is 18.9. The normalized spacial score (nSPS) is 16.4. The summed E-state index contributed by atoms with van der Waals surface area (Å²) in [5.74, 6) is -0.287. The number of nitrogens with one attached hydrogen (secondary N) is 1. The molecule has 4 nitrogen and oxygen atoms in total. The van der Waals surface area contributed by atoms with Gasteiger partial charge in [0.1, 0.15) is 11.4 Å². The lowest BCUT2D eigenvalue weighted by atomic mass is 9.74. The average molecular weight is 432 g/mol. The van der Waals surface area contributed by atoms with E-state index in [0.29, 0.717) is 25.3 Å². The van der Waals surface area contributed by atoms with Gasteiger partial charge in [0.05, 0.1) is 4.47 Å². The summed E-state index contributed by atoms with van der Waals surface area (Å²) in [5, 5.41) is 3.84. The number of halogens is 2. The highest BCUT2D eigenvalue weighted by atomic mass is 79.9. The molecule has 1 aliphatic heterocycles. The fraction of sp³-hybridized carbons (Fsp3) is 0.286. The molecule has 0 unspecified atom stereocenters. The Morgan fingerprint density at radius 1 is 1.15 bits per heavy atom. The first-order valence-corrected chi connectivity index (χ1v) is 9.67. The Morgan fingerprint density at radius 2 is 1.93 bits per heavy atom. The molecule has 3 aromatic rings. The molecule has 1 fully saturated rings. The molecule has 27 heavy (non-hydrogen) atoms. The number of para-hydroxylation sites is 1. The fourth-order valence-electron chi connectivity index (χ4n) is 3.62. The van der Waals surface area contributed by atoms with Gasteiger partial charge in [0, 0.05) is 30.6 Å². The zero-order valence-electron chi connectivity index (χ0n) is 14.6. The Labute approximate surface area is 164 Å². The van der Waals surface area contributed by atoms with Crippen LogP contribution in [0, 0.1) is 5.82 Å². The third kappa shape index (κ3) is 3.64. The van der Waals surface area contributed by atoms with Crippen LogP contribution in [0.25, 0.3) is 11.0 Å². The second-order valence-electron chi connectivity index (χ2n) is 6.85. The van der Waals surface area contributed by atoms with Crippen LogP contribution >= 0.6 is 15.9 Å². The molecule has 0 bridgehead atoms. The molecule has 2 heterocycles. The van der Waals surface area contributed by atoms with Crippen molar-refractivity contribution in [2.24, 2.45) is 0 Å². The topological polar surface area (TPSA) is 51.5 Å². The number of fused-ring (bicyclic) bond motifs is 1. The molecule has 0 spiro atoms. The number of hydrogen-bond acceptors (Lipinski definition) is 3. The molecular formula is C21H19BrFNO3. The molecule has 1 amide bonds. The number of ether oxygens (including phenoxy) is 1. The predicted octanol–water partition coefficient (Wildman–Crippen LogP) is 4.81. The number of furan rings is 1. The van der Waals surface area contributed by atoms with E-state index in [1.54, 1.807) is 18.2 Å². The summed E-state index contributed by atoms with van der Waals surface area (Å²) in [4.78, 5) is 12.7. The maximum atomic E-state index is 13.8. The van der Waals surface area contributed by atoms with Crippen LogP contribution in [0.4, 0.5) is 4.39 Å². The van der Waals surface area contributed by atoms with Crippen molar-refractivity contribution in [1.82, 2.24) is 5.32 Å². The van der Waals surface area contributed by atoms with Gasteiger partial charge in [0.25, 0.3) is 5.91 Å². The second kappa shape index (κ2) is 7.44. The molecular weight excluding hydrogens is 413 g/mol. The Kier molecular flexibility index (Phi) is 5.02. The van der Waals surface area contributed by atoms with Crippen LogP contribution in [0.2, 0.25) is 0 Å². The molecule has 0 aliphatic carbocycles. The minimum Gasteiger partial charge on any atom is -0.450 e. The van der Waals surface area contributed by atoms with Crippen LogP contribution in [0.5, 0.6) is 0 Å². The lowest BCUT2D eigenvalue weighted by Gasteiger charge is -2.37. The van der Waals surface area contributed by atoms with Crippen molar-refractivity contribution in [2.45, 2.75) is 18.3 Å². The highest BCUT2D eigenvalue weighted by molar-refractivity contribution is 9.10. The molecule has 6 heteroatoms. The van der Waals surface area contributed by atoms with E-state index >= 15 is 0 Å². The van der Waals surface area contributed by atoms with Crippen molar-refractivity contribution < 1.29 is 18.3 Å². The van der Waals surface area contributed by atoms with Crippen molar-refractivity contribution >= 4 is 32.8 Å². The molecule has 1 aliphatic rings. The number of carbonyl (C=O) groups excluding carboxylic acids is 1. The van der Waals surface area contributed by atoms with E-state index in [1.807, 2.05) is 24.3 Å². The van der Waals surface area contributed by atoms with Crippen LogP contribution < -0.4 is 5.32 Å². The van der Waals surface area contributed by atoms with Crippen LogP contribution in [0.15, 0.2) is 57.4 Å². The van der Waals surface area contributed by atoms with Crippen LogP contribution in [0.1, 0.15) is 29.0 Å². The largest absolute Gasteiger partial charge is 0.450 e. The minimum atomic E-state index is -0.345. The third-order valence-electron chi connectivity index (χ3n) is 5.19. The molecule has 140 valence electrons. The number of rotatable bonds is 4. The van der Waals surface area contributed by atoms with Crippen LogP contribution in [0.3, 0.4) is 0 Å². The van der Waals surface area contributed by atoms with Crippen LogP contribution in [-0.4, -0.2) is 25.7 Å². The van der Waals surface area contributed by atoms with E-state index in [9.17, 15) is 9.18 Å². The maximum Gasteiger partial charge on any atom is 0.287 e. The van der Waals surface area contributed by atoms with Gasteiger partial charge in [-0.15, -0.1) is 0 Å². The van der Waals surface area contributed by atoms with Gasteiger partial charge in [-0.2, -0.15) is 0 Å². The predicted molar refractivity (Wildman–Crippen MR) is 104 cm³/mol. The molecule has 2 aromatic carbocycles. The Morgan fingerprint density at radius 3 is 2.67 bits per heavy atom. The first-order valence-electron chi connectivity index (χ1n) is 8.87. The van der Waals surface area contributed by atoms with E-state index in [0.717, 1.165) is 28.3 Å². The van der Waals surface area contributed by atoms with Crippen molar-refractivity contribution in [3.05, 3.63) is 70.1 Å². The van der Waals surface area contributed by atoms with Gasteiger partial charge in [0.15, 0.2) is 5.76 Å². The second-order valence-corrected chi connectivity index (χ2v) is 7.71. The van der Waals surface area contributed by atoms with E-state index < -0.39 is 0 Å². The van der Waals surface area contributed by atoms with Gasteiger partial charge in [-0.3, -0.25) is 4.79 Å². The van der Waals surface area contributed by atoms with E-state index in [-0.39, 0.29) is 22.9 Å². The van der Waals surface area contributed by atoms with Gasteiger partial charge in [0.2, 0.25) is 0 Å². The molecule has 0 radical (unpaired) electrons. The highest BCUT2D eigenvalue weighted by Gasteiger charge is 2.35. The van der Waals surface area contributed by atoms with E-state index in [1.165, 1.54) is 6.07 Å². The number of benzene rings is 2. The molecule has 1 N–H and O–H groups in total. The van der Waals surface area contributed by atoms with Crippen molar-refractivity contribution in [3.63, 3.8) is 0 Å². The van der Waals surface area contributed by atoms with Gasteiger partial charge in [-0.05, 0) is 58.6 Å². The van der Waals surface area contributed by atoms with Gasteiger partial charge >= 0.3 is 0 Å². The van der Waals surface area contributed by atoms with E-state index in [4.69, 9.17) is 9.15 Å². The summed E-state index contributed by atoms with van der Waals surface area (Å²) >= 11 is 3.43. The zero-order valence-corrected chi connectivity index (χ0v) is 16.2. The summed E-state index contributed by atoms with van der Waals surface area (Å²) in [6.07, 6.45) is 1.45. The fourth-order valence-corrected chi connectivity index (χ4v) is 4.09. The molecule has 0 atom stereocenters. The van der Waals surface area contributed by atoms with E-state index in [2.05, 4.69) is 21.2 Å². The Bertz CT molecular complexity index is 978. The first-order chi connectivity index (χ1) is 13.1. The van der Waals surface area contributed by atoms with Gasteiger partial charge < -0.3 is 14.5 Å². The number of hydrogen-bond donors (Lipinski definition) is 1. The average Bonchev–Trinajstić information content (AvgIpc) is 3.13. The summed E-state index contributed by atoms with van der Waals surface area (Å²) in [5.41, 5.74) is 1.19.